The lowest BCUT2D eigenvalue weighted by atomic mass is 10.1. The first-order valence-electron chi connectivity index (χ1n) is 4.85. The van der Waals surface area contributed by atoms with Gasteiger partial charge >= 0.3 is 5.97 Å². The molecule has 0 heterocycles. The van der Waals surface area contributed by atoms with Crippen LogP contribution < -0.4 is 4.74 Å². The summed E-state index contributed by atoms with van der Waals surface area (Å²) in [6.45, 7) is -0.0360. The molecule has 1 aromatic carbocycles. The highest BCUT2D eigenvalue weighted by atomic mass is 16.7. The lowest BCUT2D eigenvalue weighted by molar-refractivity contribution is -0.384. The predicted octanol–water partition coefficient (Wildman–Crippen LogP) is 1.68. The summed E-state index contributed by atoms with van der Waals surface area (Å²) in [6.07, 6.45) is 2.10. The third-order valence-corrected chi connectivity index (χ3v) is 1.94. The highest BCUT2D eigenvalue weighted by Crippen LogP contribution is 2.25. The molecule has 0 saturated heterocycles. The van der Waals surface area contributed by atoms with Crippen molar-refractivity contribution in [3.63, 3.8) is 0 Å². The smallest absolute Gasteiger partial charge is 0.328 e. The van der Waals surface area contributed by atoms with Gasteiger partial charge in [0, 0.05) is 30.9 Å². The molecule has 7 heteroatoms. The zero-order valence-corrected chi connectivity index (χ0v) is 9.53. The molecule has 1 N–H and O–H groups in total. The van der Waals surface area contributed by atoms with Crippen LogP contribution in [0.3, 0.4) is 0 Å². The molecule has 0 unspecified atom stereocenters. The maximum Gasteiger partial charge on any atom is 0.328 e. The first-order valence-corrected chi connectivity index (χ1v) is 4.85. The summed E-state index contributed by atoms with van der Waals surface area (Å²) < 4.78 is 9.87. The normalized spacial score (nSPS) is 10.5. The Morgan fingerprint density at radius 2 is 2.28 bits per heavy atom. The molecule has 0 bridgehead atoms. The van der Waals surface area contributed by atoms with E-state index < -0.39 is 10.9 Å². The molecule has 0 aliphatic rings. The SMILES string of the molecule is COCOc1ccc([N+](=O)[O-])cc1C=CC(=O)O. The number of carboxylic acid groups (broad SMARTS) is 1. The fourth-order valence-electron chi connectivity index (χ4n) is 1.19. The maximum atomic E-state index is 10.6. The standard InChI is InChI=1S/C11H11NO6/c1-17-7-18-10-4-3-9(12(15)16)6-8(10)2-5-11(13)14/h2-6H,7H2,1H3,(H,13,14). The molecule has 1 rings (SSSR count). The van der Waals surface area contributed by atoms with E-state index in [1.54, 1.807) is 0 Å². The van der Waals surface area contributed by atoms with E-state index in [1.165, 1.54) is 31.4 Å². The second-order valence-corrected chi connectivity index (χ2v) is 3.20. The largest absolute Gasteiger partial charge is 0.478 e. The van der Waals surface area contributed by atoms with Gasteiger partial charge in [0.1, 0.15) is 5.75 Å². The van der Waals surface area contributed by atoms with Crippen LogP contribution in [0.2, 0.25) is 0 Å². The summed E-state index contributed by atoms with van der Waals surface area (Å²) in [5.41, 5.74) is 0.147. The zero-order chi connectivity index (χ0) is 13.5. The summed E-state index contributed by atoms with van der Waals surface area (Å²) in [4.78, 5) is 20.5. The molecule has 96 valence electrons. The molecule has 7 nitrogen and oxygen atoms in total. The fourth-order valence-corrected chi connectivity index (χ4v) is 1.19. The van der Waals surface area contributed by atoms with Gasteiger partial charge < -0.3 is 14.6 Å². The zero-order valence-electron chi connectivity index (χ0n) is 9.53. The van der Waals surface area contributed by atoms with E-state index in [-0.39, 0.29) is 12.5 Å². The van der Waals surface area contributed by atoms with Gasteiger partial charge in [-0.25, -0.2) is 4.79 Å². The van der Waals surface area contributed by atoms with Crippen LogP contribution in [-0.2, 0) is 9.53 Å². The van der Waals surface area contributed by atoms with Crippen LogP contribution >= 0.6 is 0 Å². The van der Waals surface area contributed by atoms with Crippen LogP contribution in [0.5, 0.6) is 5.75 Å². The fraction of sp³-hybridized carbons (Fsp3) is 0.182. The highest BCUT2D eigenvalue weighted by Gasteiger charge is 2.10. The van der Waals surface area contributed by atoms with Crippen LogP contribution in [0.25, 0.3) is 6.08 Å². The minimum atomic E-state index is -1.15. The van der Waals surface area contributed by atoms with E-state index in [0.29, 0.717) is 11.3 Å². The minimum Gasteiger partial charge on any atom is -0.478 e. The topological polar surface area (TPSA) is 98.9 Å². The van der Waals surface area contributed by atoms with Crippen molar-refractivity contribution in [1.82, 2.24) is 0 Å². The van der Waals surface area contributed by atoms with E-state index in [9.17, 15) is 14.9 Å². The Morgan fingerprint density at radius 3 is 2.83 bits per heavy atom. The minimum absolute atomic E-state index is 0.0360. The number of methoxy groups -OCH3 is 1. The van der Waals surface area contributed by atoms with Gasteiger partial charge in [-0.1, -0.05) is 0 Å². The Labute approximate surface area is 102 Å². The number of aliphatic carboxylic acids is 1. The third-order valence-electron chi connectivity index (χ3n) is 1.94. The molecule has 18 heavy (non-hydrogen) atoms. The van der Waals surface area contributed by atoms with Crippen molar-refractivity contribution in [3.05, 3.63) is 40.0 Å². The number of rotatable bonds is 6. The van der Waals surface area contributed by atoms with Crippen LogP contribution in [0.1, 0.15) is 5.56 Å². The Bertz CT molecular complexity index is 482. The molecule has 0 fully saturated rings. The molecule has 1 aromatic rings. The average molecular weight is 253 g/mol. The quantitative estimate of drug-likeness (QED) is 0.358. The van der Waals surface area contributed by atoms with Gasteiger partial charge in [0.15, 0.2) is 6.79 Å². The molecule has 0 saturated carbocycles. The van der Waals surface area contributed by atoms with Gasteiger partial charge in [0.2, 0.25) is 0 Å². The van der Waals surface area contributed by atoms with Crippen molar-refractivity contribution in [1.29, 1.82) is 0 Å². The summed E-state index contributed by atoms with van der Waals surface area (Å²) in [5, 5.41) is 19.2. The average Bonchev–Trinajstić information content (AvgIpc) is 2.33. The molecule has 0 aromatic heterocycles. The Balaban J connectivity index is 3.09. The van der Waals surface area contributed by atoms with E-state index >= 15 is 0 Å². The van der Waals surface area contributed by atoms with Crippen molar-refractivity contribution in [2.45, 2.75) is 0 Å². The van der Waals surface area contributed by atoms with E-state index in [4.69, 9.17) is 14.6 Å². The Hall–Kier alpha value is -2.41. The summed E-state index contributed by atoms with van der Waals surface area (Å²) in [7, 11) is 1.43. The third kappa shape index (κ3) is 3.87. The maximum absolute atomic E-state index is 10.6. The monoisotopic (exact) mass is 253 g/mol. The van der Waals surface area contributed by atoms with E-state index in [2.05, 4.69) is 0 Å². The van der Waals surface area contributed by atoms with Crippen LogP contribution in [0.4, 0.5) is 5.69 Å². The number of non-ortho nitro benzene ring substituents is 1. The summed E-state index contributed by atoms with van der Waals surface area (Å²) in [6, 6.07) is 3.88. The molecule has 0 aliphatic carbocycles. The van der Waals surface area contributed by atoms with Crippen molar-refractivity contribution < 1.29 is 24.3 Å². The van der Waals surface area contributed by atoms with Crippen molar-refractivity contribution in [3.8, 4) is 5.75 Å². The van der Waals surface area contributed by atoms with Gasteiger partial charge in [0.25, 0.3) is 5.69 Å². The van der Waals surface area contributed by atoms with Crippen LogP contribution in [-0.4, -0.2) is 29.9 Å². The number of hydrogen-bond donors (Lipinski definition) is 1. The van der Waals surface area contributed by atoms with Gasteiger partial charge in [0.05, 0.1) is 4.92 Å². The van der Waals surface area contributed by atoms with Gasteiger partial charge in [-0.05, 0) is 12.1 Å². The lowest BCUT2D eigenvalue weighted by Crippen LogP contribution is -2.01. The first kappa shape index (κ1) is 13.7. The molecule has 0 aliphatic heterocycles. The number of carboxylic acids is 1. The molecular formula is C11H11NO6. The highest BCUT2D eigenvalue weighted by molar-refractivity contribution is 5.86. The number of nitro groups is 1. The van der Waals surface area contributed by atoms with Gasteiger partial charge in [-0.2, -0.15) is 0 Å². The van der Waals surface area contributed by atoms with E-state index in [0.717, 1.165) is 6.08 Å². The van der Waals surface area contributed by atoms with Crippen molar-refractivity contribution in [2.75, 3.05) is 13.9 Å². The summed E-state index contributed by atoms with van der Waals surface area (Å²) in [5.74, 6) is -0.848. The second-order valence-electron chi connectivity index (χ2n) is 3.20. The first-order chi connectivity index (χ1) is 8.54. The molecule has 0 atom stereocenters. The number of benzene rings is 1. The predicted molar refractivity (Wildman–Crippen MR) is 62.3 cm³/mol. The molecular weight excluding hydrogens is 242 g/mol. The second kappa shape index (κ2) is 6.36. The van der Waals surface area contributed by atoms with Gasteiger partial charge in [-0.3, -0.25) is 10.1 Å². The molecule has 0 spiro atoms. The van der Waals surface area contributed by atoms with E-state index in [1.807, 2.05) is 0 Å². The number of nitrogens with zero attached hydrogens (tertiary/aromatic N) is 1. The number of carbonyl (C=O) groups is 1. The summed E-state index contributed by atoms with van der Waals surface area (Å²) >= 11 is 0. The molecule has 0 amide bonds. The van der Waals surface area contributed by atoms with Crippen LogP contribution in [0, 0.1) is 10.1 Å². The Morgan fingerprint density at radius 1 is 1.56 bits per heavy atom. The number of nitro benzene ring substituents is 1. The van der Waals surface area contributed by atoms with Gasteiger partial charge in [-0.15, -0.1) is 0 Å². The number of hydrogen-bond acceptors (Lipinski definition) is 5. The Kier molecular flexibility index (Phi) is 4.82. The van der Waals surface area contributed by atoms with Crippen molar-refractivity contribution >= 4 is 17.7 Å². The number of ether oxygens (including phenoxy) is 2. The lowest BCUT2D eigenvalue weighted by Gasteiger charge is -2.07. The van der Waals surface area contributed by atoms with Crippen LogP contribution in [0.15, 0.2) is 24.3 Å². The van der Waals surface area contributed by atoms with Crippen molar-refractivity contribution in [2.24, 2.45) is 0 Å². The molecule has 0 radical (unpaired) electrons.